The van der Waals surface area contributed by atoms with Crippen molar-refractivity contribution in [3.63, 3.8) is 0 Å². The molecule has 4 aromatic heterocycles. The molecule has 0 fully saturated rings. The molecule has 0 unspecified atom stereocenters. The number of hydrogen-bond acceptors (Lipinski definition) is 5. The summed E-state index contributed by atoms with van der Waals surface area (Å²) in [7, 11) is 0. The lowest BCUT2D eigenvalue weighted by molar-refractivity contribution is -0.142. The van der Waals surface area contributed by atoms with E-state index in [0.29, 0.717) is 12.4 Å². The molecule has 4 heterocycles. The van der Waals surface area contributed by atoms with Crippen LogP contribution in [0.2, 0.25) is 0 Å². The van der Waals surface area contributed by atoms with Crippen LogP contribution in [0.25, 0.3) is 28.2 Å². The van der Waals surface area contributed by atoms with Gasteiger partial charge in [-0.05, 0) is 36.8 Å². The average Bonchev–Trinajstić information content (AvgIpc) is 3.29. The number of carbonyl (C=O) groups is 1. The van der Waals surface area contributed by atoms with E-state index in [4.69, 9.17) is 4.74 Å². The summed E-state index contributed by atoms with van der Waals surface area (Å²) in [6, 6.07) is 7.76. The Morgan fingerprint density at radius 2 is 2.23 bits per heavy atom. The lowest BCUT2D eigenvalue weighted by atomic mass is 10.2. The predicted molar refractivity (Wildman–Crippen MR) is 96.8 cm³/mol. The van der Waals surface area contributed by atoms with Gasteiger partial charge in [0.05, 0.1) is 31.1 Å². The van der Waals surface area contributed by atoms with Gasteiger partial charge in [0.1, 0.15) is 11.3 Å². The van der Waals surface area contributed by atoms with Crippen molar-refractivity contribution in [3.05, 3.63) is 60.8 Å². The minimum absolute atomic E-state index is 0.238. The van der Waals surface area contributed by atoms with Gasteiger partial charge in [0.15, 0.2) is 5.82 Å². The van der Waals surface area contributed by atoms with Gasteiger partial charge in [-0.3, -0.25) is 9.78 Å². The average molecular weight is 347 g/mol. The molecule has 7 heteroatoms. The van der Waals surface area contributed by atoms with Gasteiger partial charge in [0.25, 0.3) is 0 Å². The van der Waals surface area contributed by atoms with Crippen molar-refractivity contribution >= 4 is 17.0 Å². The third kappa shape index (κ3) is 3.19. The van der Waals surface area contributed by atoms with Gasteiger partial charge >= 0.3 is 5.97 Å². The van der Waals surface area contributed by atoms with Crippen LogP contribution in [0.5, 0.6) is 0 Å². The van der Waals surface area contributed by atoms with Crippen molar-refractivity contribution in [2.24, 2.45) is 0 Å². The molecular weight excluding hydrogens is 330 g/mol. The second-order valence-corrected chi connectivity index (χ2v) is 5.80. The fraction of sp³-hybridized carbons (Fsp3) is 0.158. The molecule has 130 valence electrons. The Labute approximate surface area is 149 Å². The zero-order chi connectivity index (χ0) is 17.9. The van der Waals surface area contributed by atoms with Gasteiger partial charge in [-0.15, -0.1) is 0 Å². The molecule has 0 aliphatic rings. The molecule has 0 radical (unpaired) electrons. The third-order valence-electron chi connectivity index (χ3n) is 3.96. The van der Waals surface area contributed by atoms with E-state index in [0.717, 1.165) is 28.0 Å². The normalized spacial score (nSPS) is 11.0. The van der Waals surface area contributed by atoms with E-state index in [1.165, 1.54) is 0 Å². The van der Waals surface area contributed by atoms with E-state index >= 15 is 0 Å². The first-order valence-electron chi connectivity index (χ1n) is 8.32. The first-order chi connectivity index (χ1) is 12.7. The van der Waals surface area contributed by atoms with Crippen molar-refractivity contribution in [3.8, 4) is 17.2 Å². The Bertz CT molecular complexity index is 1030. The third-order valence-corrected chi connectivity index (χ3v) is 3.96. The van der Waals surface area contributed by atoms with E-state index < -0.39 is 0 Å². The Kier molecular flexibility index (Phi) is 4.18. The van der Waals surface area contributed by atoms with Crippen LogP contribution in [0, 0.1) is 0 Å². The van der Waals surface area contributed by atoms with Crippen molar-refractivity contribution in [1.29, 1.82) is 0 Å². The quantitative estimate of drug-likeness (QED) is 0.561. The number of ether oxygens (including phenoxy) is 1. The zero-order valence-electron chi connectivity index (χ0n) is 14.2. The number of aromatic amines is 1. The predicted octanol–water partition coefficient (Wildman–Crippen LogP) is 2.92. The lowest BCUT2D eigenvalue weighted by Crippen LogP contribution is -2.06. The van der Waals surface area contributed by atoms with E-state index in [1.54, 1.807) is 25.5 Å². The van der Waals surface area contributed by atoms with Crippen LogP contribution >= 0.6 is 0 Å². The molecule has 4 rings (SSSR count). The highest BCUT2D eigenvalue weighted by Crippen LogP contribution is 2.21. The SMILES string of the molecule is CCOC(=O)Cc1ccn(-c2cncc(-c3cc4cccnc4[nH]3)n2)c1. The number of fused-ring (bicyclic) bond motifs is 1. The minimum atomic E-state index is -0.240. The largest absolute Gasteiger partial charge is 0.466 e. The van der Waals surface area contributed by atoms with Gasteiger partial charge in [-0.25, -0.2) is 9.97 Å². The van der Waals surface area contributed by atoms with E-state index in [-0.39, 0.29) is 12.4 Å². The number of aromatic nitrogens is 5. The maximum Gasteiger partial charge on any atom is 0.310 e. The summed E-state index contributed by atoms with van der Waals surface area (Å²) in [5.41, 5.74) is 3.26. The number of carbonyl (C=O) groups excluding carboxylic acids is 1. The van der Waals surface area contributed by atoms with Gasteiger partial charge in [-0.2, -0.15) is 0 Å². The Balaban J connectivity index is 1.61. The number of esters is 1. The van der Waals surface area contributed by atoms with E-state index in [1.807, 2.05) is 41.2 Å². The molecule has 26 heavy (non-hydrogen) atoms. The maximum atomic E-state index is 11.6. The molecule has 7 nitrogen and oxygen atoms in total. The van der Waals surface area contributed by atoms with Crippen molar-refractivity contribution in [2.45, 2.75) is 13.3 Å². The second-order valence-electron chi connectivity index (χ2n) is 5.80. The zero-order valence-corrected chi connectivity index (χ0v) is 14.2. The highest BCUT2D eigenvalue weighted by Gasteiger charge is 2.10. The van der Waals surface area contributed by atoms with Crippen LogP contribution in [0.3, 0.4) is 0 Å². The van der Waals surface area contributed by atoms with Gasteiger partial charge < -0.3 is 14.3 Å². The first kappa shape index (κ1) is 16.0. The fourth-order valence-corrected chi connectivity index (χ4v) is 2.77. The smallest absolute Gasteiger partial charge is 0.310 e. The molecule has 0 saturated heterocycles. The molecule has 1 N–H and O–H groups in total. The molecule has 0 aliphatic heterocycles. The number of nitrogens with one attached hydrogen (secondary N) is 1. The van der Waals surface area contributed by atoms with Gasteiger partial charge in [0.2, 0.25) is 0 Å². The summed E-state index contributed by atoms with van der Waals surface area (Å²) >= 11 is 0. The van der Waals surface area contributed by atoms with Crippen LogP contribution in [0.1, 0.15) is 12.5 Å². The Hall–Kier alpha value is -3.48. The summed E-state index contributed by atoms with van der Waals surface area (Å²) in [5.74, 6) is 0.430. The Morgan fingerprint density at radius 1 is 1.31 bits per heavy atom. The molecule has 0 amide bonds. The number of H-pyrrole nitrogens is 1. The fourth-order valence-electron chi connectivity index (χ4n) is 2.77. The molecule has 0 aliphatic carbocycles. The van der Waals surface area contributed by atoms with Gasteiger partial charge in [0, 0.05) is 24.0 Å². The monoisotopic (exact) mass is 347 g/mol. The summed E-state index contributed by atoms with van der Waals surface area (Å²) in [5, 5.41) is 1.02. The summed E-state index contributed by atoms with van der Waals surface area (Å²) in [6.45, 7) is 2.18. The van der Waals surface area contributed by atoms with Crippen LogP contribution in [-0.2, 0) is 16.0 Å². The minimum Gasteiger partial charge on any atom is -0.466 e. The molecule has 0 saturated carbocycles. The number of hydrogen-bond donors (Lipinski definition) is 1. The number of rotatable bonds is 5. The standard InChI is InChI=1S/C19H17N5O2/c1-2-26-18(25)8-13-5-7-24(12-13)17-11-20-10-16(22-17)15-9-14-4-3-6-21-19(14)23-15/h3-7,9-12H,2,8H2,1H3,(H,21,23). The number of nitrogens with zero attached hydrogens (tertiary/aromatic N) is 4. The van der Waals surface area contributed by atoms with Crippen LogP contribution in [-0.4, -0.2) is 37.1 Å². The molecule has 0 bridgehead atoms. The molecule has 0 atom stereocenters. The van der Waals surface area contributed by atoms with Gasteiger partial charge in [-0.1, -0.05) is 0 Å². The highest BCUT2D eigenvalue weighted by atomic mass is 16.5. The molecule has 0 aromatic carbocycles. The lowest BCUT2D eigenvalue weighted by Gasteiger charge is -2.04. The van der Waals surface area contributed by atoms with Crippen molar-refractivity contribution in [2.75, 3.05) is 6.61 Å². The molecular formula is C19H17N5O2. The second kappa shape index (κ2) is 6.79. The molecule has 4 aromatic rings. The summed E-state index contributed by atoms with van der Waals surface area (Å²) in [4.78, 5) is 28.1. The first-order valence-corrected chi connectivity index (χ1v) is 8.32. The van der Waals surface area contributed by atoms with E-state index in [2.05, 4.69) is 19.9 Å². The van der Waals surface area contributed by atoms with E-state index in [9.17, 15) is 4.79 Å². The summed E-state index contributed by atoms with van der Waals surface area (Å²) < 4.78 is 6.82. The van der Waals surface area contributed by atoms with Crippen molar-refractivity contribution < 1.29 is 9.53 Å². The maximum absolute atomic E-state index is 11.6. The summed E-state index contributed by atoms with van der Waals surface area (Å²) in [6.07, 6.45) is 9.08. The van der Waals surface area contributed by atoms with Crippen LogP contribution < -0.4 is 0 Å². The van der Waals surface area contributed by atoms with Crippen LogP contribution in [0.4, 0.5) is 0 Å². The Morgan fingerprint density at radius 3 is 3.08 bits per heavy atom. The van der Waals surface area contributed by atoms with Crippen molar-refractivity contribution in [1.82, 2.24) is 24.5 Å². The highest BCUT2D eigenvalue weighted by molar-refractivity contribution is 5.81. The van der Waals surface area contributed by atoms with Crippen LogP contribution in [0.15, 0.2) is 55.2 Å². The number of pyridine rings is 1. The topological polar surface area (TPSA) is 85.7 Å². The molecule has 0 spiro atoms.